The number of hydrogen-bond donors (Lipinski definition) is 3. The van der Waals surface area contributed by atoms with E-state index in [1.54, 1.807) is 26.0 Å². The molecule has 2 aromatic carbocycles. The van der Waals surface area contributed by atoms with Crippen molar-refractivity contribution in [2.24, 2.45) is 5.41 Å². The second-order valence-electron chi connectivity index (χ2n) is 9.05. The molecule has 35 heavy (non-hydrogen) atoms. The van der Waals surface area contributed by atoms with E-state index in [1.165, 1.54) is 6.20 Å². The number of carbonyl (C=O) groups excluding carboxylic acids is 2. The maximum Gasteiger partial charge on any atom is 0.411 e. The number of aromatic nitrogens is 1. The first-order chi connectivity index (χ1) is 16.8. The number of aliphatic carboxylic acids is 1. The molecule has 3 N–H and O–H groups in total. The first-order valence-electron chi connectivity index (χ1n) is 11.4. The quantitative estimate of drug-likeness (QED) is 0.438. The minimum absolute atomic E-state index is 0.0224. The molecule has 0 bridgehead atoms. The summed E-state index contributed by atoms with van der Waals surface area (Å²) in [4.78, 5) is 40.6. The van der Waals surface area contributed by atoms with Crippen molar-refractivity contribution in [1.29, 1.82) is 0 Å². The zero-order valence-electron chi connectivity index (χ0n) is 19.6. The van der Waals surface area contributed by atoms with Gasteiger partial charge in [0.25, 0.3) is 5.91 Å². The van der Waals surface area contributed by atoms with Gasteiger partial charge in [0.1, 0.15) is 6.61 Å². The van der Waals surface area contributed by atoms with Gasteiger partial charge in [-0.3, -0.25) is 14.9 Å². The van der Waals surface area contributed by atoms with E-state index in [2.05, 4.69) is 27.8 Å². The highest BCUT2D eigenvalue weighted by atomic mass is 16.5. The maximum atomic E-state index is 12.6. The van der Waals surface area contributed by atoms with Gasteiger partial charge in [-0.25, -0.2) is 9.78 Å². The van der Waals surface area contributed by atoms with Gasteiger partial charge in [-0.2, -0.15) is 0 Å². The normalized spacial score (nSPS) is 12.4. The van der Waals surface area contributed by atoms with Crippen molar-refractivity contribution >= 4 is 23.7 Å². The molecule has 8 heteroatoms. The molecule has 3 aromatic rings. The Kier molecular flexibility index (Phi) is 6.82. The SMILES string of the molecule is CC(C)(CCNC(=O)c1ncccc1NC(=O)OCC1c2ccccc2-c2ccccc21)C(=O)O. The standard InChI is InChI=1S/C27H27N3O5/c1-27(2,25(32)33)13-15-29-24(31)23-22(12-7-14-28-23)30-26(34)35-16-21-19-10-5-3-8-17(19)18-9-4-6-11-20(18)21/h3-12,14,21H,13,15-16H2,1-2H3,(H,29,31)(H,30,34)(H,32,33). The van der Waals surface area contributed by atoms with Gasteiger partial charge in [-0.1, -0.05) is 48.5 Å². The molecule has 0 saturated carbocycles. The summed E-state index contributed by atoms with van der Waals surface area (Å²) in [5.41, 5.74) is 3.73. The molecule has 0 spiro atoms. The zero-order chi connectivity index (χ0) is 25.0. The van der Waals surface area contributed by atoms with E-state index in [1.807, 2.05) is 36.4 Å². The van der Waals surface area contributed by atoms with Gasteiger partial charge in [0.15, 0.2) is 5.69 Å². The van der Waals surface area contributed by atoms with Crippen LogP contribution in [0, 0.1) is 5.41 Å². The fourth-order valence-electron chi connectivity index (χ4n) is 4.11. The third-order valence-electron chi connectivity index (χ3n) is 6.22. The number of carboxylic acids is 1. The molecule has 180 valence electrons. The number of carbonyl (C=O) groups is 3. The summed E-state index contributed by atoms with van der Waals surface area (Å²) in [6.45, 7) is 3.48. The van der Waals surface area contributed by atoms with Crippen LogP contribution in [0.4, 0.5) is 10.5 Å². The van der Waals surface area contributed by atoms with E-state index >= 15 is 0 Å². The van der Waals surface area contributed by atoms with Crippen LogP contribution in [-0.4, -0.2) is 41.2 Å². The highest BCUT2D eigenvalue weighted by Gasteiger charge is 2.29. The summed E-state index contributed by atoms with van der Waals surface area (Å²) >= 11 is 0. The van der Waals surface area contributed by atoms with Crippen LogP contribution in [-0.2, 0) is 9.53 Å². The number of amides is 2. The molecular weight excluding hydrogens is 446 g/mol. The third kappa shape index (κ3) is 5.16. The fraction of sp³-hybridized carbons (Fsp3) is 0.259. The largest absolute Gasteiger partial charge is 0.481 e. The van der Waals surface area contributed by atoms with E-state index in [4.69, 9.17) is 4.74 Å². The van der Waals surface area contributed by atoms with Crippen molar-refractivity contribution in [3.63, 3.8) is 0 Å². The Morgan fingerprint density at radius 1 is 0.971 bits per heavy atom. The van der Waals surface area contributed by atoms with E-state index < -0.39 is 23.4 Å². The monoisotopic (exact) mass is 473 g/mol. The topological polar surface area (TPSA) is 118 Å². The lowest BCUT2D eigenvalue weighted by molar-refractivity contribution is -0.147. The molecule has 0 saturated heterocycles. The highest BCUT2D eigenvalue weighted by molar-refractivity contribution is 6.00. The van der Waals surface area contributed by atoms with Crippen LogP contribution in [0.5, 0.6) is 0 Å². The molecule has 0 unspecified atom stereocenters. The van der Waals surface area contributed by atoms with Gasteiger partial charge in [-0.05, 0) is 54.7 Å². The molecule has 0 radical (unpaired) electrons. The van der Waals surface area contributed by atoms with Crippen LogP contribution in [0.15, 0.2) is 66.9 Å². The van der Waals surface area contributed by atoms with Crippen molar-refractivity contribution < 1.29 is 24.2 Å². The number of ether oxygens (including phenoxy) is 1. The predicted molar refractivity (Wildman–Crippen MR) is 131 cm³/mol. The van der Waals surface area contributed by atoms with Crippen molar-refractivity contribution in [3.8, 4) is 11.1 Å². The van der Waals surface area contributed by atoms with Crippen molar-refractivity contribution in [3.05, 3.63) is 83.7 Å². The Labute approximate surface area is 203 Å². The first-order valence-corrected chi connectivity index (χ1v) is 11.4. The predicted octanol–water partition coefficient (Wildman–Crippen LogP) is 4.67. The molecule has 1 aliphatic carbocycles. The summed E-state index contributed by atoms with van der Waals surface area (Å²) < 4.78 is 5.56. The van der Waals surface area contributed by atoms with E-state index in [0.717, 1.165) is 22.3 Å². The Morgan fingerprint density at radius 2 is 1.60 bits per heavy atom. The number of fused-ring (bicyclic) bond motifs is 3. The molecule has 4 rings (SSSR count). The molecule has 1 heterocycles. The lowest BCUT2D eigenvalue weighted by Gasteiger charge is -2.19. The lowest BCUT2D eigenvalue weighted by Crippen LogP contribution is -2.32. The number of nitrogens with zero attached hydrogens (tertiary/aromatic N) is 1. The van der Waals surface area contributed by atoms with Gasteiger partial charge < -0.3 is 15.2 Å². The number of benzene rings is 2. The molecular formula is C27H27N3O5. The van der Waals surface area contributed by atoms with Crippen molar-refractivity contribution in [1.82, 2.24) is 10.3 Å². The van der Waals surface area contributed by atoms with Crippen LogP contribution in [0.3, 0.4) is 0 Å². The van der Waals surface area contributed by atoms with Gasteiger partial charge in [0.2, 0.25) is 0 Å². The van der Waals surface area contributed by atoms with E-state index in [9.17, 15) is 19.5 Å². The Morgan fingerprint density at radius 3 is 2.23 bits per heavy atom. The lowest BCUT2D eigenvalue weighted by atomic mass is 9.90. The number of rotatable bonds is 8. The van der Waals surface area contributed by atoms with Crippen LogP contribution in [0.1, 0.15) is 47.8 Å². The van der Waals surface area contributed by atoms with Gasteiger partial charge in [-0.15, -0.1) is 0 Å². The van der Waals surface area contributed by atoms with Crippen LogP contribution < -0.4 is 10.6 Å². The Bertz CT molecular complexity index is 1230. The summed E-state index contributed by atoms with van der Waals surface area (Å²) in [6, 6.07) is 19.3. The average molecular weight is 474 g/mol. The fourth-order valence-corrected chi connectivity index (χ4v) is 4.11. The van der Waals surface area contributed by atoms with E-state index in [-0.39, 0.29) is 36.9 Å². The molecule has 8 nitrogen and oxygen atoms in total. The Balaban J connectivity index is 1.39. The summed E-state index contributed by atoms with van der Waals surface area (Å²) in [7, 11) is 0. The second kappa shape index (κ2) is 9.97. The number of pyridine rings is 1. The number of nitrogens with one attached hydrogen (secondary N) is 2. The summed E-state index contributed by atoms with van der Waals surface area (Å²) in [6.07, 6.45) is 0.996. The highest BCUT2D eigenvalue weighted by Crippen LogP contribution is 2.44. The first kappa shape index (κ1) is 23.9. The Hall–Kier alpha value is -4.20. The molecule has 2 amide bonds. The second-order valence-corrected chi connectivity index (χ2v) is 9.05. The molecule has 1 aromatic heterocycles. The zero-order valence-corrected chi connectivity index (χ0v) is 19.6. The minimum Gasteiger partial charge on any atom is -0.481 e. The maximum absolute atomic E-state index is 12.6. The van der Waals surface area contributed by atoms with Gasteiger partial charge in [0, 0.05) is 18.7 Å². The number of hydrogen-bond acceptors (Lipinski definition) is 5. The van der Waals surface area contributed by atoms with Crippen LogP contribution in [0.25, 0.3) is 11.1 Å². The van der Waals surface area contributed by atoms with Crippen LogP contribution >= 0.6 is 0 Å². The smallest absolute Gasteiger partial charge is 0.411 e. The van der Waals surface area contributed by atoms with Crippen LogP contribution in [0.2, 0.25) is 0 Å². The van der Waals surface area contributed by atoms with Gasteiger partial charge >= 0.3 is 12.1 Å². The molecule has 1 aliphatic rings. The summed E-state index contributed by atoms with van der Waals surface area (Å²) in [5.74, 6) is -1.54. The number of anilines is 1. The molecule has 0 aliphatic heterocycles. The van der Waals surface area contributed by atoms with E-state index in [0.29, 0.717) is 0 Å². The van der Waals surface area contributed by atoms with Gasteiger partial charge in [0.05, 0.1) is 11.1 Å². The molecule has 0 atom stereocenters. The third-order valence-corrected chi connectivity index (χ3v) is 6.22. The average Bonchev–Trinajstić information content (AvgIpc) is 3.16. The molecule has 0 fully saturated rings. The minimum atomic E-state index is -0.972. The van der Waals surface area contributed by atoms with Crippen molar-refractivity contribution in [2.45, 2.75) is 26.2 Å². The van der Waals surface area contributed by atoms with Crippen molar-refractivity contribution in [2.75, 3.05) is 18.5 Å². The number of carboxylic acid groups (broad SMARTS) is 1. The summed E-state index contributed by atoms with van der Waals surface area (Å²) in [5, 5.41) is 14.5.